The number of hydrogen-bond donors (Lipinski definition) is 0. The van der Waals surface area contributed by atoms with E-state index in [1.54, 1.807) is 57.6 Å². The molecule has 6 aromatic heterocycles. The third-order valence-electron chi connectivity index (χ3n) is 8.98. The van der Waals surface area contributed by atoms with Gasteiger partial charge in [0.15, 0.2) is 29.0 Å². The Morgan fingerprint density at radius 2 is 0.985 bits per heavy atom. The van der Waals surface area contributed by atoms with Gasteiger partial charge in [-0.15, -0.1) is 32.8 Å². The van der Waals surface area contributed by atoms with E-state index in [0.29, 0.717) is 29.0 Å². The molecule has 19 nitrogen and oxygen atoms in total. The molecule has 24 heteroatoms. The molecule has 0 aliphatic rings. The van der Waals surface area contributed by atoms with Gasteiger partial charge in [-0.2, -0.15) is 9.47 Å². The molecule has 0 N–H and O–H groups in total. The van der Waals surface area contributed by atoms with E-state index in [1.807, 2.05) is 39.1 Å². The van der Waals surface area contributed by atoms with E-state index in [0.717, 1.165) is 39.5 Å². The summed E-state index contributed by atoms with van der Waals surface area (Å²) in [4.78, 5) is 17.0. The molecule has 0 aliphatic heterocycles. The van der Waals surface area contributed by atoms with Crippen molar-refractivity contribution in [2.75, 3.05) is 0 Å². The lowest BCUT2D eigenvalue weighted by Gasteiger charge is -2.04. The molecule has 0 saturated heterocycles. The second-order valence-electron chi connectivity index (χ2n) is 15.0. The molecule has 3 aromatic carbocycles. The number of rotatable bonds is 11. The highest BCUT2D eigenvalue weighted by Gasteiger charge is 2.34. The highest BCUT2D eigenvalue weighted by atomic mass is 35.5. The predicted octanol–water partition coefficient (Wildman–Crippen LogP) is 9.36. The Bertz CT molecular complexity index is 3160. The van der Waals surface area contributed by atoms with Gasteiger partial charge >= 0.3 is 6.36 Å². The van der Waals surface area contributed by atoms with Gasteiger partial charge in [-0.1, -0.05) is 51.6 Å². The SMILES string of the molecule is Cc1cc(C)cc(-c2ncn(/C=C\c3ncn(C)n3)n2)c1.Cc1cc(C)cc(-c2ncn(/C=C\c3nonc3OC(F)(F)F)n2)c1.Cc1cc(C)cc(-c2ncn(/C=C\c3nsnc3OCl)n2)c1. The summed E-state index contributed by atoms with van der Waals surface area (Å²) in [6, 6.07) is 18.4. The summed E-state index contributed by atoms with van der Waals surface area (Å²) in [7, 11) is 1.83. The minimum Gasteiger partial charge on any atom is -0.382 e. The summed E-state index contributed by atoms with van der Waals surface area (Å²) in [5.74, 6) is 2.00. The molecular weight excluding hydrogens is 925 g/mol. The van der Waals surface area contributed by atoms with Crippen LogP contribution in [0.3, 0.4) is 0 Å². The Morgan fingerprint density at radius 3 is 1.40 bits per heavy atom. The lowest BCUT2D eigenvalue weighted by atomic mass is 10.1. The van der Waals surface area contributed by atoms with Crippen molar-refractivity contribution in [1.29, 1.82) is 0 Å². The van der Waals surface area contributed by atoms with Gasteiger partial charge in [-0.05, 0) is 100 Å². The average molecular weight is 965 g/mol. The van der Waals surface area contributed by atoms with E-state index in [-0.39, 0.29) is 11.6 Å². The van der Waals surface area contributed by atoms with Crippen LogP contribution >= 0.6 is 23.6 Å². The molecule has 0 aliphatic carbocycles. The minimum absolute atomic E-state index is 0.222. The second kappa shape index (κ2) is 21.4. The van der Waals surface area contributed by atoms with Crippen molar-refractivity contribution in [2.45, 2.75) is 47.9 Å². The summed E-state index contributed by atoms with van der Waals surface area (Å²) in [6.07, 6.45) is 11.1. The zero-order chi connectivity index (χ0) is 48.4. The molecule has 68 heavy (non-hydrogen) atoms. The summed E-state index contributed by atoms with van der Waals surface area (Å²) < 4.78 is 63.5. The Balaban J connectivity index is 0.000000152. The Morgan fingerprint density at radius 1 is 0.544 bits per heavy atom. The number of aromatic nitrogens is 16. The average Bonchev–Trinajstić information content (AvgIpc) is 4.14. The first kappa shape index (κ1) is 47.8. The molecule has 9 aromatic rings. The Kier molecular flexibility index (Phi) is 15.0. The van der Waals surface area contributed by atoms with E-state index in [4.69, 9.17) is 11.9 Å². The summed E-state index contributed by atoms with van der Waals surface area (Å²) in [5.41, 5.74) is 10.1. The second-order valence-corrected chi connectivity index (χ2v) is 15.7. The summed E-state index contributed by atoms with van der Waals surface area (Å²) in [6.45, 7) is 12.2. The third kappa shape index (κ3) is 13.4. The maximum absolute atomic E-state index is 12.2. The van der Waals surface area contributed by atoms with Crippen LogP contribution in [0.1, 0.15) is 50.6 Å². The van der Waals surface area contributed by atoms with E-state index in [2.05, 4.69) is 137 Å². The molecule has 0 fully saturated rings. The van der Waals surface area contributed by atoms with Crippen LogP contribution in [0.2, 0.25) is 0 Å². The first-order valence-electron chi connectivity index (χ1n) is 20.1. The third-order valence-corrected chi connectivity index (χ3v) is 9.65. The van der Waals surface area contributed by atoms with Crippen LogP contribution in [0.4, 0.5) is 13.2 Å². The van der Waals surface area contributed by atoms with Crippen molar-refractivity contribution in [2.24, 2.45) is 7.05 Å². The van der Waals surface area contributed by atoms with Crippen LogP contribution in [-0.2, 0) is 7.05 Å². The quantitative estimate of drug-likeness (QED) is 0.118. The standard InChI is InChI=1S/C15H12F3N5O2.C15H16N6.C14H12ClN5OS/c1-9-5-10(2)7-11(6-9)13-19-8-23(20-13)4-3-12-14(22-25-21-12)24-15(16,17)18;1-11-6-12(2)8-13(7-11)15-17-10-21(19-15)5-4-14-16-9-20(3)18-14;1-9-5-10(2)7-11(6-9)13-16-8-20(17-13)4-3-12-14(21-15)19-22-18-12/h3-8H,1-2H3;4-10H,1-3H3;3-8H,1-2H3/b4-3-;5-4-;4-3-. The smallest absolute Gasteiger partial charge is 0.382 e. The molecule has 0 atom stereocenters. The molecule has 0 radical (unpaired) electrons. The van der Waals surface area contributed by atoms with Crippen LogP contribution in [0, 0.1) is 41.5 Å². The number of benzene rings is 3. The summed E-state index contributed by atoms with van der Waals surface area (Å²) >= 11 is 6.33. The lowest BCUT2D eigenvalue weighted by molar-refractivity contribution is -0.276. The zero-order valence-electron chi connectivity index (χ0n) is 37.3. The fourth-order valence-electron chi connectivity index (χ4n) is 6.43. The zero-order valence-corrected chi connectivity index (χ0v) is 38.8. The highest BCUT2D eigenvalue weighted by molar-refractivity contribution is 6.99. The molecule has 6 heterocycles. The molecule has 0 amide bonds. The molecule has 0 bridgehead atoms. The summed E-state index contributed by atoms with van der Waals surface area (Å²) in [5, 5.41) is 23.7. The number of ether oxygens (including phenoxy) is 1. The maximum Gasteiger partial charge on any atom is 0.574 e. The van der Waals surface area contributed by atoms with Crippen molar-refractivity contribution >= 4 is 60.4 Å². The van der Waals surface area contributed by atoms with Gasteiger partial charge in [-0.25, -0.2) is 38.6 Å². The highest BCUT2D eigenvalue weighted by Crippen LogP contribution is 2.25. The molecule has 0 unspecified atom stereocenters. The van der Waals surface area contributed by atoms with Crippen LogP contribution in [0.5, 0.6) is 11.8 Å². The van der Waals surface area contributed by atoms with Crippen LogP contribution in [0.15, 0.2) is 84.5 Å². The topological polar surface area (TPSA) is 206 Å². The maximum atomic E-state index is 12.2. The fraction of sp³-hybridized carbons (Fsp3) is 0.182. The van der Waals surface area contributed by atoms with Gasteiger partial charge in [0.1, 0.15) is 42.9 Å². The lowest BCUT2D eigenvalue weighted by Crippen LogP contribution is -2.17. The van der Waals surface area contributed by atoms with E-state index >= 15 is 0 Å². The molecule has 9 rings (SSSR count). The van der Waals surface area contributed by atoms with Crippen molar-refractivity contribution in [3.8, 4) is 45.9 Å². The monoisotopic (exact) mass is 964 g/mol. The van der Waals surface area contributed by atoms with Gasteiger partial charge in [0.25, 0.3) is 11.8 Å². The molecule has 0 saturated carbocycles. The van der Waals surface area contributed by atoms with Crippen LogP contribution < -0.4 is 9.03 Å². The minimum atomic E-state index is -4.88. The van der Waals surface area contributed by atoms with Crippen molar-refractivity contribution < 1.29 is 26.8 Å². The first-order chi connectivity index (χ1) is 32.5. The van der Waals surface area contributed by atoms with Crippen molar-refractivity contribution in [3.05, 3.63) is 130 Å². The molecule has 348 valence electrons. The number of hydrogen-bond acceptors (Lipinski definition) is 16. The van der Waals surface area contributed by atoms with Gasteiger partial charge in [-0.3, -0.25) is 4.68 Å². The van der Waals surface area contributed by atoms with Crippen LogP contribution in [-0.4, -0.2) is 84.5 Å². The van der Waals surface area contributed by atoms with Gasteiger partial charge < -0.3 is 9.03 Å². The number of halogens is 4. The van der Waals surface area contributed by atoms with Gasteiger partial charge in [0, 0.05) is 48.4 Å². The van der Waals surface area contributed by atoms with E-state index in [9.17, 15) is 13.2 Å². The number of aryl methyl sites for hydroxylation is 7. The van der Waals surface area contributed by atoms with E-state index < -0.39 is 12.2 Å². The largest absolute Gasteiger partial charge is 0.574 e. The van der Waals surface area contributed by atoms with E-state index in [1.165, 1.54) is 45.5 Å². The Labute approximate surface area is 395 Å². The fourth-order valence-corrected chi connectivity index (χ4v) is 7.06. The molecule has 0 spiro atoms. The van der Waals surface area contributed by atoms with Crippen molar-refractivity contribution in [1.82, 2.24) is 78.1 Å². The normalized spacial score (nSPS) is 11.6. The van der Waals surface area contributed by atoms with Crippen LogP contribution in [0.25, 0.3) is 71.0 Å². The number of alkyl halides is 3. The first-order valence-corrected chi connectivity index (χ1v) is 21.2. The van der Waals surface area contributed by atoms with Crippen molar-refractivity contribution in [3.63, 3.8) is 0 Å². The Hall–Kier alpha value is -8.18. The molecular formula is C44H40ClF3N16O3S. The van der Waals surface area contributed by atoms with Gasteiger partial charge in [0.05, 0.1) is 11.7 Å². The van der Waals surface area contributed by atoms with Gasteiger partial charge in [0.2, 0.25) is 0 Å². The predicted molar refractivity (Wildman–Crippen MR) is 249 cm³/mol. The number of nitrogens with zero attached hydrogens (tertiary/aromatic N) is 16.